The molecule has 17 nitrogen and oxygen atoms in total. The van der Waals surface area contributed by atoms with Crippen LogP contribution in [0.1, 0.15) is 44.5 Å². The van der Waals surface area contributed by atoms with Gasteiger partial charge >= 0.3 is 483 Å². The first-order chi connectivity index (χ1) is 41.1. The molecule has 12 bridgehead atoms. The van der Waals surface area contributed by atoms with Crippen LogP contribution in [0.5, 0.6) is 0 Å². The molecular formula is C64H32Ga2N16O. The number of nitrogens with zero attached hydrogens (tertiary/aromatic N) is 16. The van der Waals surface area contributed by atoms with E-state index in [1.54, 1.807) is 0 Å². The van der Waals surface area contributed by atoms with Gasteiger partial charge in [0.05, 0.1) is 0 Å². The molecule has 0 unspecified atom stereocenters. The first kappa shape index (κ1) is 44.5. The Labute approximate surface area is 479 Å². The second-order valence-electron chi connectivity index (χ2n) is 21.2. The Kier molecular flexibility index (Phi) is 8.68. The van der Waals surface area contributed by atoms with Gasteiger partial charge in [-0.1, -0.05) is 0 Å². The Morgan fingerprint density at radius 1 is 0.205 bits per heavy atom. The second-order valence-corrected chi connectivity index (χ2v) is 31.8. The Balaban J connectivity index is 1.02. The maximum absolute atomic E-state index is 8.95. The average molecular weight is 1180 g/mol. The van der Waals surface area contributed by atoms with E-state index in [0.717, 1.165) is 87.6 Å². The van der Waals surface area contributed by atoms with Crippen molar-refractivity contribution in [2.24, 2.45) is 59.9 Å². The van der Waals surface area contributed by atoms with Crippen LogP contribution < -0.4 is 22.0 Å². The summed E-state index contributed by atoms with van der Waals surface area (Å²) in [5.74, 6) is 6.90. The molecule has 8 aromatic carbocycles. The monoisotopic (exact) mass is 1180 g/mol. The molecule has 0 spiro atoms. The molecule has 0 N–H and O–H groups in total. The third-order valence-corrected chi connectivity index (χ3v) is 30.9. The van der Waals surface area contributed by atoms with Crippen LogP contribution in [-0.2, 0) is 2.32 Å². The van der Waals surface area contributed by atoms with Crippen molar-refractivity contribution in [3.63, 3.8) is 0 Å². The van der Waals surface area contributed by atoms with Crippen molar-refractivity contribution in [3.8, 4) is 0 Å². The third kappa shape index (κ3) is 5.97. The number of hydrogen-bond donors (Lipinski definition) is 0. The Morgan fingerprint density at radius 2 is 0.398 bits per heavy atom. The Bertz CT molecular complexity index is 5030. The van der Waals surface area contributed by atoms with E-state index in [1.165, 1.54) is 0 Å². The van der Waals surface area contributed by atoms with Crippen LogP contribution >= 0.6 is 0 Å². The molecule has 20 rings (SSSR count). The molecule has 4 aromatic heterocycles. The van der Waals surface area contributed by atoms with Crippen molar-refractivity contribution < 1.29 is 2.32 Å². The number of fused-ring (bicyclic) bond motifs is 28. The van der Waals surface area contributed by atoms with E-state index in [2.05, 4.69) is 159 Å². The molecule has 380 valence electrons. The number of hydrogen-bond acceptors (Lipinski definition) is 13. The predicted molar refractivity (Wildman–Crippen MR) is 323 cm³/mol. The molecule has 0 saturated carbocycles. The molecule has 0 amide bonds. The van der Waals surface area contributed by atoms with Gasteiger partial charge in [-0.25, -0.2) is 0 Å². The topological polar surface area (TPSA) is 177 Å². The molecule has 12 heterocycles. The molecular weight excluding hydrogens is 1150 g/mol. The summed E-state index contributed by atoms with van der Waals surface area (Å²) in [5, 5.41) is 7.00. The van der Waals surface area contributed by atoms with E-state index in [-0.39, 0.29) is 0 Å². The summed E-state index contributed by atoms with van der Waals surface area (Å²) in [6.45, 7) is 0. The van der Waals surface area contributed by atoms with Crippen LogP contribution in [0, 0.1) is 0 Å². The Hall–Kier alpha value is -10.3. The zero-order valence-electron chi connectivity index (χ0n) is 43.2. The molecule has 0 radical (unpaired) electrons. The first-order valence-electron chi connectivity index (χ1n) is 27.3. The van der Waals surface area contributed by atoms with E-state index in [0.29, 0.717) is 91.9 Å². The maximum atomic E-state index is 8.95. The van der Waals surface area contributed by atoms with Crippen molar-refractivity contribution in [3.05, 3.63) is 261 Å². The first-order valence-corrected chi connectivity index (χ1v) is 33.6. The molecule has 12 aromatic rings. The predicted octanol–water partition coefficient (Wildman–Crippen LogP) is 8.87. The van der Waals surface area contributed by atoms with Crippen LogP contribution in [0.3, 0.4) is 0 Å². The van der Waals surface area contributed by atoms with Gasteiger partial charge in [0.15, 0.2) is 0 Å². The molecule has 8 aliphatic heterocycles. The zero-order chi connectivity index (χ0) is 53.8. The van der Waals surface area contributed by atoms with Crippen molar-refractivity contribution in [2.45, 2.75) is 0 Å². The summed E-state index contributed by atoms with van der Waals surface area (Å²) in [7, 11) is 0. The van der Waals surface area contributed by atoms with Crippen molar-refractivity contribution in [1.82, 2.24) is 13.1 Å². The summed E-state index contributed by atoms with van der Waals surface area (Å²) in [4.78, 5) is 67.2. The molecule has 8 aliphatic rings. The molecule has 0 aliphatic carbocycles. The normalized spacial score (nSPS) is 16.0. The quantitative estimate of drug-likeness (QED) is 0.155. The molecule has 0 saturated heterocycles. The minimum atomic E-state index is -4.53. The summed E-state index contributed by atoms with van der Waals surface area (Å²) >= 11 is -9.06. The molecule has 83 heavy (non-hydrogen) atoms. The van der Waals surface area contributed by atoms with Gasteiger partial charge in [0.2, 0.25) is 0 Å². The molecule has 0 atom stereocenters. The zero-order valence-corrected chi connectivity index (χ0v) is 48.0. The van der Waals surface area contributed by atoms with E-state index in [9.17, 15) is 0 Å². The number of rotatable bonds is 2. The van der Waals surface area contributed by atoms with Gasteiger partial charge in [-0.05, 0) is 0 Å². The van der Waals surface area contributed by atoms with E-state index >= 15 is 0 Å². The van der Waals surface area contributed by atoms with Crippen LogP contribution in [0.25, 0.3) is 43.1 Å². The summed E-state index contributed by atoms with van der Waals surface area (Å²) in [6, 6.07) is 66.2. The van der Waals surface area contributed by atoms with Gasteiger partial charge in [0, 0.05) is 0 Å². The van der Waals surface area contributed by atoms with Gasteiger partial charge in [0.25, 0.3) is 0 Å². The van der Waals surface area contributed by atoms with E-state index in [4.69, 9.17) is 62.2 Å². The number of aromatic nitrogens is 4. The number of aliphatic imine (C=N–C) groups is 8. The van der Waals surface area contributed by atoms with E-state index in [1.807, 2.05) is 48.5 Å². The van der Waals surface area contributed by atoms with E-state index < -0.39 is 34.1 Å². The van der Waals surface area contributed by atoms with Gasteiger partial charge < -0.3 is 0 Å². The van der Waals surface area contributed by atoms with Crippen molar-refractivity contribution in [2.75, 3.05) is 0 Å². The minimum absolute atomic E-state index is 0.540. The fraction of sp³-hybridized carbons (Fsp3) is 0. The van der Waals surface area contributed by atoms with Gasteiger partial charge in [-0.2, -0.15) is 0 Å². The summed E-state index contributed by atoms with van der Waals surface area (Å²) < 4.78 is 18.2. The van der Waals surface area contributed by atoms with Gasteiger partial charge in [-0.3, -0.25) is 0 Å². The number of benzene rings is 8. The molecule has 19 heteroatoms. The Morgan fingerprint density at radius 3 is 0.627 bits per heavy atom. The SMILES string of the molecule is c1ccc2c(c1)C1=NC2=Nc2c3ccccc3c3[n]2[Ga]([O][Ga]2[n]4c5c6ccccc6c4N=C4N=C(N=c6c7ccccc7c([n]62)=NC2=NC(=N5)c5ccccc52)c2ccccc24)[n]2c(c4ccccc4c2=NC2=NC(=N3)c3ccccc32)=N1. The summed E-state index contributed by atoms with van der Waals surface area (Å²) in [6.07, 6.45) is 0. The van der Waals surface area contributed by atoms with Gasteiger partial charge in [-0.15, -0.1) is 0 Å². The summed E-state index contributed by atoms with van der Waals surface area (Å²) in [5.41, 5.74) is 9.57. The standard InChI is InChI=1S/2C32H16N8.2Ga.O/c2*1-2-10-18-17(9-1)25-33-26(18)38-28-21-13-5-6-14-22(21)30(35-28)40-32-24-16-8-7-15-23(24)31(36-32)39-29-20-12-4-3-11-19(20)27(34-29)37-25;;;/h2*1-16H;;;/q2*-2;2*+2;. The van der Waals surface area contributed by atoms with Crippen molar-refractivity contribution >= 4 is 147 Å². The second kappa shape index (κ2) is 16.2. The average Bonchev–Trinajstić information content (AvgIpc) is 2.18. The van der Waals surface area contributed by atoms with Crippen LogP contribution in [0.15, 0.2) is 254 Å². The molecule has 0 fully saturated rings. The fourth-order valence-corrected chi connectivity index (χ4v) is 30.1. The van der Waals surface area contributed by atoms with Crippen LogP contribution in [-0.4, -0.2) is 93.9 Å². The third-order valence-electron chi connectivity index (χ3n) is 16.8. The van der Waals surface area contributed by atoms with Crippen LogP contribution in [0.4, 0.5) is 23.3 Å². The fourth-order valence-electron chi connectivity index (χ4n) is 13.1. The van der Waals surface area contributed by atoms with Gasteiger partial charge in [0.1, 0.15) is 0 Å². The van der Waals surface area contributed by atoms with Crippen molar-refractivity contribution in [1.29, 1.82) is 0 Å². The number of amidine groups is 8. The van der Waals surface area contributed by atoms with Crippen LogP contribution in [0.2, 0.25) is 0 Å².